The number of rotatable bonds is 11. The zero-order chi connectivity index (χ0) is 19.4. The molecule has 0 bridgehead atoms. The van der Waals surface area contributed by atoms with Crippen LogP contribution >= 0.6 is 24.0 Å². The van der Waals surface area contributed by atoms with Crippen molar-refractivity contribution in [3.8, 4) is 0 Å². The molecule has 1 unspecified atom stereocenters. The van der Waals surface area contributed by atoms with Crippen LogP contribution in [0.2, 0.25) is 0 Å². The van der Waals surface area contributed by atoms with E-state index in [1.807, 2.05) is 12.1 Å². The van der Waals surface area contributed by atoms with Gasteiger partial charge in [-0.25, -0.2) is 4.99 Å². The van der Waals surface area contributed by atoms with Gasteiger partial charge in [0.2, 0.25) is 5.91 Å². The van der Waals surface area contributed by atoms with E-state index in [1.54, 1.807) is 12.1 Å². The molecule has 1 aromatic carbocycles. The zero-order valence-electron chi connectivity index (χ0n) is 17.1. The van der Waals surface area contributed by atoms with E-state index < -0.39 is 5.91 Å². The lowest BCUT2D eigenvalue weighted by Crippen LogP contribution is -2.42. The summed E-state index contributed by atoms with van der Waals surface area (Å²) in [5, 5.41) is 6.74. The molecule has 7 heteroatoms. The first-order chi connectivity index (χ1) is 12.5. The standard InChI is InChI=1S/C20H35N5O.HI/c1-5-22-20(24-16(4)10-9-13-25(6-2)7-3)23-15-17-11-8-12-18(14-17)19(21)26;/h8,11-12,14,16H,5-7,9-10,13,15H2,1-4H3,(H2,21,26)(H2,22,23,24);1H. The predicted molar refractivity (Wildman–Crippen MR) is 125 cm³/mol. The van der Waals surface area contributed by atoms with Gasteiger partial charge in [-0.1, -0.05) is 26.0 Å². The maximum absolute atomic E-state index is 11.3. The van der Waals surface area contributed by atoms with Crippen molar-refractivity contribution < 1.29 is 4.79 Å². The number of primary amides is 1. The second kappa shape index (κ2) is 14.7. The number of nitrogens with zero attached hydrogens (tertiary/aromatic N) is 2. The van der Waals surface area contributed by atoms with Gasteiger partial charge in [0.15, 0.2) is 5.96 Å². The van der Waals surface area contributed by atoms with Gasteiger partial charge in [0.25, 0.3) is 0 Å². The molecule has 0 saturated heterocycles. The number of carbonyl (C=O) groups is 1. The van der Waals surface area contributed by atoms with E-state index in [4.69, 9.17) is 5.73 Å². The highest BCUT2D eigenvalue weighted by atomic mass is 127. The monoisotopic (exact) mass is 489 g/mol. The molecule has 0 heterocycles. The number of halogens is 1. The Balaban J connectivity index is 0.00000676. The van der Waals surface area contributed by atoms with Crippen molar-refractivity contribution in [3.05, 3.63) is 35.4 Å². The van der Waals surface area contributed by atoms with Crippen molar-refractivity contribution in [2.45, 2.75) is 53.1 Å². The van der Waals surface area contributed by atoms with Crippen LogP contribution in [0.4, 0.5) is 0 Å². The first-order valence-electron chi connectivity index (χ1n) is 9.66. The van der Waals surface area contributed by atoms with Crippen molar-refractivity contribution in [3.63, 3.8) is 0 Å². The van der Waals surface area contributed by atoms with E-state index in [1.165, 1.54) is 0 Å². The van der Waals surface area contributed by atoms with E-state index in [9.17, 15) is 4.79 Å². The van der Waals surface area contributed by atoms with E-state index in [-0.39, 0.29) is 24.0 Å². The zero-order valence-corrected chi connectivity index (χ0v) is 19.5. The maximum atomic E-state index is 11.3. The number of carbonyl (C=O) groups excluding carboxylic acids is 1. The van der Waals surface area contributed by atoms with Crippen LogP contribution in [0, 0.1) is 0 Å². The van der Waals surface area contributed by atoms with Gasteiger partial charge in [-0.15, -0.1) is 24.0 Å². The first-order valence-corrected chi connectivity index (χ1v) is 9.66. The second-order valence-corrected chi connectivity index (χ2v) is 6.47. The fraction of sp³-hybridized carbons (Fsp3) is 0.600. The lowest BCUT2D eigenvalue weighted by molar-refractivity contribution is 0.1000. The molecule has 0 fully saturated rings. The summed E-state index contributed by atoms with van der Waals surface area (Å²) in [6.45, 7) is 13.3. The Kier molecular flexibility index (Phi) is 13.9. The van der Waals surface area contributed by atoms with Crippen LogP contribution in [0.5, 0.6) is 0 Å². The van der Waals surface area contributed by atoms with Crippen molar-refractivity contribution in [2.75, 3.05) is 26.2 Å². The number of nitrogens with one attached hydrogen (secondary N) is 2. The van der Waals surface area contributed by atoms with Crippen LogP contribution in [-0.2, 0) is 6.54 Å². The highest BCUT2D eigenvalue weighted by molar-refractivity contribution is 14.0. The minimum Gasteiger partial charge on any atom is -0.366 e. The summed E-state index contributed by atoms with van der Waals surface area (Å²) in [6, 6.07) is 7.65. The quantitative estimate of drug-likeness (QED) is 0.254. The number of hydrogen-bond donors (Lipinski definition) is 3. The lowest BCUT2D eigenvalue weighted by Gasteiger charge is -2.21. The van der Waals surface area contributed by atoms with Gasteiger partial charge in [0.05, 0.1) is 6.54 Å². The molecule has 1 aromatic rings. The summed E-state index contributed by atoms with van der Waals surface area (Å²) in [5.41, 5.74) is 6.82. The summed E-state index contributed by atoms with van der Waals surface area (Å²) < 4.78 is 0. The molecule has 0 aromatic heterocycles. The Bertz CT molecular complexity index is 575. The van der Waals surface area contributed by atoms with Gasteiger partial charge < -0.3 is 21.3 Å². The van der Waals surface area contributed by atoms with Crippen LogP contribution < -0.4 is 16.4 Å². The maximum Gasteiger partial charge on any atom is 0.248 e. The topological polar surface area (TPSA) is 82.7 Å². The van der Waals surface area contributed by atoms with Gasteiger partial charge in [-0.05, 0) is 64.0 Å². The van der Waals surface area contributed by atoms with E-state index >= 15 is 0 Å². The van der Waals surface area contributed by atoms with Crippen LogP contribution in [0.25, 0.3) is 0 Å². The van der Waals surface area contributed by atoms with Crippen LogP contribution in [0.3, 0.4) is 0 Å². The van der Waals surface area contributed by atoms with Crippen molar-refractivity contribution >= 4 is 35.8 Å². The molecule has 27 heavy (non-hydrogen) atoms. The summed E-state index contributed by atoms with van der Waals surface area (Å²) in [7, 11) is 0. The van der Waals surface area contributed by atoms with E-state index in [0.29, 0.717) is 18.2 Å². The lowest BCUT2D eigenvalue weighted by atomic mass is 10.1. The predicted octanol–water partition coefficient (Wildman–Crippen LogP) is 2.97. The molecule has 4 N–H and O–H groups in total. The fourth-order valence-electron chi connectivity index (χ4n) is 2.78. The summed E-state index contributed by atoms with van der Waals surface area (Å²) in [6.07, 6.45) is 2.26. The SMILES string of the molecule is CCNC(=NCc1cccc(C(N)=O)c1)NC(C)CCCN(CC)CC.I. The molecule has 1 amide bonds. The third-order valence-electron chi connectivity index (χ3n) is 4.36. The highest BCUT2D eigenvalue weighted by Gasteiger charge is 2.07. The molecular weight excluding hydrogens is 453 g/mol. The van der Waals surface area contributed by atoms with Crippen molar-refractivity contribution in [2.24, 2.45) is 10.7 Å². The third-order valence-corrected chi connectivity index (χ3v) is 4.36. The van der Waals surface area contributed by atoms with Gasteiger partial charge in [-0.3, -0.25) is 4.79 Å². The molecule has 0 aliphatic heterocycles. The summed E-state index contributed by atoms with van der Waals surface area (Å²) >= 11 is 0. The van der Waals surface area contributed by atoms with E-state index in [2.05, 4.69) is 48.2 Å². The molecule has 1 rings (SSSR count). The molecule has 0 aliphatic rings. The molecule has 1 atom stereocenters. The minimum absolute atomic E-state index is 0. The van der Waals surface area contributed by atoms with Gasteiger partial charge in [0, 0.05) is 18.2 Å². The number of benzene rings is 1. The first kappa shape index (κ1) is 25.6. The van der Waals surface area contributed by atoms with E-state index in [0.717, 1.165) is 50.5 Å². The molecule has 0 spiro atoms. The average Bonchev–Trinajstić information content (AvgIpc) is 2.63. The van der Waals surface area contributed by atoms with Gasteiger partial charge >= 0.3 is 0 Å². The molecule has 0 aliphatic carbocycles. The normalized spacial score (nSPS) is 12.4. The Hall–Kier alpha value is -1.35. The molecule has 0 radical (unpaired) electrons. The summed E-state index contributed by atoms with van der Waals surface area (Å²) in [5.74, 6) is 0.384. The van der Waals surface area contributed by atoms with Crippen LogP contribution in [-0.4, -0.2) is 49.0 Å². The smallest absolute Gasteiger partial charge is 0.248 e. The largest absolute Gasteiger partial charge is 0.366 e. The number of hydrogen-bond acceptors (Lipinski definition) is 3. The Morgan fingerprint density at radius 1 is 1.26 bits per heavy atom. The van der Waals surface area contributed by atoms with Crippen molar-refractivity contribution in [1.29, 1.82) is 0 Å². The van der Waals surface area contributed by atoms with Crippen LogP contribution in [0.15, 0.2) is 29.3 Å². The van der Waals surface area contributed by atoms with Gasteiger partial charge in [-0.2, -0.15) is 0 Å². The molecular formula is C20H36IN5O. The summed E-state index contributed by atoms with van der Waals surface area (Å²) in [4.78, 5) is 18.4. The Morgan fingerprint density at radius 3 is 2.56 bits per heavy atom. The molecule has 6 nitrogen and oxygen atoms in total. The number of nitrogens with two attached hydrogens (primary N) is 1. The second-order valence-electron chi connectivity index (χ2n) is 6.47. The fourth-order valence-corrected chi connectivity index (χ4v) is 2.78. The Labute approximate surface area is 181 Å². The molecule has 154 valence electrons. The van der Waals surface area contributed by atoms with Crippen molar-refractivity contribution in [1.82, 2.24) is 15.5 Å². The number of aliphatic imine (C=N–C) groups is 1. The number of guanidine groups is 1. The number of amides is 1. The van der Waals surface area contributed by atoms with Gasteiger partial charge in [0.1, 0.15) is 0 Å². The Morgan fingerprint density at radius 2 is 1.96 bits per heavy atom. The van der Waals surface area contributed by atoms with Crippen LogP contribution in [0.1, 0.15) is 56.5 Å². The highest BCUT2D eigenvalue weighted by Crippen LogP contribution is 2.06. The minimum atomic E-state index is -0.414. The average molecular weight is 489 g/mol. The third kappa shape index (κ3) is 10.5. The molecule has 0 saturated carbocycles.